The molecule has 12 heteroatoms. The molecule has 0 saturated heterocycles. The lowest BCUT2D eigenvalue weighted by Crippen LogP contribution is -2.50. The Labute approximate surface area is 179 Å². The Balaban J connectivity index is -0.000000372. The van der Waals surface area contributed by atoms with Crippen LogP contribution in [0.25, 0.3) is 0 Å². The summed E-state index contributed by atoms with van der Waals surface area (Å²) in [6.45, 7) is 3.01. The van der Waals surface area contributed by atoms with Crippen LogP contribution in [0.4, 0.5) is 0 Å². The highest BCUT2D eigenvalue weighted by Gasteiger charge is 2.20. The van der Waals surface area contributed by atoms with E-state index >= 15 is 0 Å². The van der Waals surface area contributed by atoms with Gasteiger partial charge in [-0.1, -0.05) is 6.42 Å². The van der Waals surface area contributed by atoms with E-state index in [0.29, 0.717) is 19.5 Å². The molecule has 12 nitrogen and oxygen atoms in total. The number of hydrogen-bond acceptors (Lipinski definition) is 10. The summed E-state index contributed by atoms with van der Waals surface area (Å²) < 4.78 is 0. The number of Topliss-reactive ketones (excluding diaryl/α,β-unsaturated/α-hetero) is 2. The number of ketones is 2. The van der Waals surface area contributed by atoms with Gasteiger partial charge in [0.2, 0.25) is 0 Å². The second-order valence-electron chi connectivity index (χ2n) is 7.00. The summed E-state index contributed by atoms with van der Waals surface area (Å²) in [6.07, 6.45) is 4.05. The third-order valence-corrected chi connectivity index (χ3v) is 3.93. The predicted molar refractivity (Wildman–Crippen MR) is 118 cm³/mol. The van der Waals surface area contributed by atoms with Crippen molar-refractivity contribution in [3.8, 4) is 0 Å². The summed E-state index contributed by atoms with van der Waals surface area (Å²) in [6, 6.07) is -0.647. The molecule has 0 aromatic heterocycles. The number of hydrogen-bond donors (Lipinski definition) is 9. The molecule has 0 heterocycles. The van der Waals surface area contributed by atoms with Crippen LogP contribution in [-0.4, -0.2) is 83.4 Å². The largest absolute Gasteiger partial charge is 0.394 e. The standard InChI is InChI=1S/C7H16N4O.C7H16N2O.C4H11NO3/c1-5(12)6(8)3-2-4-11-7(9)10;1-6(10)7(9)4-2-3-5-8;5-4(1-6,2-7)3-8/h6H,2-4,8H2,1H3,(H4,9,10,11);7H,2-5,8-9H2,1H3;6-8H,1-3,5H2/t6-;7-;/m00./s1. The number of nitrogens with two attached hydrogens (primary N) is 6. The average molecular weight is 438 g/mol. The molecule has 0 aliphatic rings. The van der Waals surface area contributed by atoms with Crippen LogP contribution in [0.2, 0.25) is 0 Å². The molecular formula is C18H43N7O5. The summed E-state index contributed by atoms with van der Waals surface area (Å²) in [4.78, 5) is 25.0. The molecule has 0 aromatic carbocycles. The monoisotopic (exact) mass is 437 g/mol. The van der Waals surface area contributed by atoms with Gasteiger partial charge in [-0.05, 0) is 46.1 Å². The summed E-state index contributed by atoms with van der Waals surface area (Å²) in [5.74, 6) is 0.142. The number of nitrogens with zero attached hydrogens (tertiary/aromatic N) is 1. The van der Waals surface area contributed by atoms with Crippen LogP contribution in [0.1, 0.15) is 46.0 Å². The first-order valence-electron chi connectivity index (χ1n) is 9.79. The second kappa shape index (κ2) is 20.6. The van der Waals surface area contributed by atoms with E-state index in [0.717, 1.165) is 25.7 Å². The molecule has 0 radical (unpaired) electrons. The quantitative estimate of drug-likeness (QED) is 0.0780. The number of unbranched alkanes of at least 4 members (excludes halogenated alkanes) is 1. The Bertz CT molecular complexity index is 462. The van der Waals surface area contributed by atoms with Crippen LogP contribution in [0.5, 0.6) is 0 Å². The number of carbonyl (C=O) groups excluding carboxylic acids is 2. The maximum absolute atomic E-state index is 10.7. The van der Waals surface area contributed by atoms with Gasteiger partial charge in [-0.2, -0.15) is 0 Å². The predicted octanol–water partition coefficient (Wildman–Crippen LogP) is -3.35. The van der Waals surface area contributed by atoms with E-state index in [2.05, 4.69) is 4.99 Å². The molecule has 30 heavy (non-hydrogen) atoms. The lowest BCUT2D eigenvalue weighted by Gasteiger charge is -2.20. The molecule has 0 aliphatic carbocycles. The number of aliphatic imine (C=N–C) groups is 1. The third-order valence-electron chi connectivity index (χ3n) is 3.93. The molecule has 0 bridgehead atoms. The lowest BCUT2D eigenvalue weighted by molar-refractivity contribution is -0.119. The van der Waals surface area contributed by atoms with E-state index in [1.807, 2.05) is 0 Å². The van der Waals surface area contributed by atoms with E-state index in [-0.39, 0.29) is 29.6 Å². The fourth-order valence-electron chi connectivity index (χ4n) is 1.58. The molecule has 0 saturated carbocycles. The Morgan fingerprint density at radius 2 is 1.27 bits per heavy atom. The zero-order valence-electron chi connectivity index (χ0n) is 18.3. The van der Waals surface area contributed by atoms with Crippen molar-refractivity contribution in [2.24, 2.45) is 39.4 Å². The molecule has 0 aromatic rings. The molecule has 0 aliphatic heterocycles. The molecule has 0 unspecified atom stereocenters. The molecular weight excluding hydrogens is 394 g/mol. The van der Waals surface area contributed by atoms with Crippen molar-refractivity contribution in [3.05, 3.63) is 0 Å². The highest BCUT2D eigenvalue weighted by molar-refractivity contribution is 5.81. The van der Waals surface area contributed by atoms with Gasteiger partial charge in [-0.15, -0.1) is 0 Å². The van der Waals surface area contributed by atoms with Gasteiger partial charge in [0.1, 0.15) is 11.6 Å². The highest BCUT2D eigenvalue weighted by atomic mass is 16.3. The van der Waals surface area contributed by atoms with Gasteiger partial charge in [0.25, 0.3) is 0 Å². The normalized spacial score (nSPS) is 12.4. The zero-order valence-corrected chi connectivity index (χ0v) is 18.3. The molecule has 0 fully saturated rings. The number of guanidine groups is 1. The molecule has 0 spiro atoms. The maximum Gasteiger partial charge on any atom is 0.185 e. The Morgan fingerprint density at radius 3 is 1.53 bits per heavy atom. The minimum atomic E-state index is -1.21. The van der Waals surface area contributed by atoms with Gasteiger partial charge in [-0.3, -0.25) is 14.6 Å². The topological polar surface area (TPSA) is 263 Å². The zero-order chi connectivity index (χ0) is 24.2. The van der Waals surface area contributed by atoms with Crippen molar-refractivity contribution in [2.75, 3.05) is 32.9 Å². The summed E-state index contributed by atoms with van der Waals surface area (Å²) >= 11 is 0. The second-order valence-corrected chi connectivity index (χ2v) is 7.00. The van der Waals surface area contributed by atoms with Crippen LogP contribution in [0, 0.1) is 0 Å². The fourth-order valence-corrected chi connectivity index (χ4v) is 1.58. The van der Waals surface area contributed by atoms with Crippen molar-refractivity contribution in [1.29, 1.82) is 0 Å². The SMILES string of the molecule is CC(=O)[C@@H](N)CCCCN.CC(=O)[C@@H](N)CCCN=C(N)N.NC(CO)(CO)CO. The molecule has 180 valence electrons. The van der Waals surface area contributed by atoms with Gasteiger partial charge in [0, 0.05) is 6.54 Å². The highest BCUT2D eigenvalue weighted by Crippen LogP contribution is 1.98. The van der Waals surface area contributed by atoms with Crippen LogP contribution < -0.4 is 34.4 Å². The van der Waals surface area contributed by atoms with Gasteiger partial charge in [0.05, 0.1) is 37.4 Å². The number of carbonyl (C=O) groups is 2. The van der Waals surface area contributed by atoms with Gasteiger partial charge in [0.15, 0.2) is 5.96 Å². The van der Waals surface area contributed by atoms with E-state index in [1.54, 1.807) is 0 Å². The van der Waals surface area contributed by atoms with E-state index in [9.17, 15) is 9.59 Å². The first-order chi connectivity index (χ1) is 13.9. The molecule has 0 rings (SSSR count). The number of aliphatic hydroxyl groups is 3. The minimum Gasteiger partial charge on any atom is -0.394 e. The number of aliphatic hydroxyl groups excluding tert-OH is 3. The summed E-state index contributed by atoms with van der Waals surface area (Å²) in [5, 5.41) is 25.0. The summed E-state index contributed by atoms with van der Waals surface area (Å²) in [5.41, 5.74) is 30.3. The van der Waals surface area contributed by atoms with Crippen molar-refractivity contribution >= 4 is 17.5 Å². The lowest BCUT2D eigenvalue weighted by atomic mass is 10.1. The van der Waals surface area contributed by atoms with E-state index in [1.165, 1.54) is 13.8 Å². The maximum atomic E-state index is 10.7. The van der Waals surface area contributed by atoms with Gasteiger partial charge in [-0.25, -0.2) is 0 Å². The van der Waals surface area contributed by atoms with Crippen LogP contribution in [0.3, 0.4) is 0 Å². The van der Waals surface area contributed by atoms with Crippen molar-refractivity contribution in [2.45, 2.75) is 63.6 Å². The fraction of sp³-hybridized carbons (Fsp3) is 0.833. The van der Waals surface area contributed by atoms with Gasteiger partial charge >= 0.3 is 0 Å². The van der Waals surface area contributed by atoms with Gasteiger partial charge < -0.3 is 49.7 Å². The average Bonchev–Trinajstić information content (AvgIpc) is 2.71. The van der Waals surface area contributed by atoms with Crippen LogP contribution >= 0.6 is 0 Å². The van der Waals surface area contributed by atoms with E-state index in [4.69, 9.17) is 49.7 Å². The third kappa shape index (κ3) is 22.6. The summed E-state index contributed by atoms with van der Waals surface area (Å²) in [7, 11) is 0. The molecule has 2 atom stereocenters. The smallest absolute Gasteiger partial charge is 0.185 e. The van der Waals surface area contributed by atoms with Crippen molar-refractivity contribution < 1.29 is 24.9 Å². The number of rotatable bonds is 13. The molecule has 15 N–H and O–H groups in total. The van der Waals surface area contributed by atoms with Crippen LogP contribution in [-0.2, 0) is 9.59 Å². The van der Waals surface area contributed by atoms with Crippen LogP contribution in [0.15, 0.2) is 4.99 Å². The Hall–Kier alpha value is -1.67. The van der Waals surface area contributed by atoms with E-state index < -0.39 is 25.4 Å². The minimum absolute atomic E-state index is 0.000278. The first-order valence-corrected chi connectivity index (χ1v) is 9.79. The van der Waals surface area contributed by atoms with Crippen molar-refractivity contribution in [3.63, 3.8) is 0 Å². The van der Waals surface area contributed by atoms with Crippen molar-refractivity contribution in [1.82, 2.24) is 0 Å². The molecule has 0 amide bonds. The first kappa shape index (κ1) is 33.0. The Kier molecular flexibility index (Phi) is 22.6. The Morgan fingerprint density at radius 1 is 0.867 bits per heavy atom.